The van der Waals surface area contributed by atoms with Crippen molar-refractivity contribution in [1.82, 2.24) is 4.90 Å². The van der Waals surface area contributed by atoms with Gasteiger partial charge in [-0.25, -0.2) is 0 Å². The average Bonchev–Trinajstić information content (AvgIpc) is 2.33. The van der Waals surface area contributed by atoms with Crippen molar-refractivity contribution in [2.75, 3.05) is 13.1 Å². The lowest BCUT2D eigenvalue weighted by Crippen LogP contribution is -2.54. The summed E-state index contributed by atoms with van der Waals surface area (Å²) in [4.78, 5) is 2.32. The molecule has 1 aliphatic rings. The molecule has 0 saturated carbocycles. The first kappa shape index (κ1) is 7.83. The summed E-state index contributed by atoms with van der Waals surface area (Å²) in [6.07, 6.45) is 1.74. The van der Waals surface area contributed by atoms with Crippen LogP contribution in [0.15, 0.2) is 16.7 Å². The molecule has 1 aromatic heterocycles. The molecule has 3 nitrogen and oxygen atoms in total. The van der Waals surface area contributed by atoms with Crippen molar-refractivity contribution in [2.24, 2.45) is 5.73 Å². The van der Waals surface area contributed by atoms with E-state index in [2.05, 4.69) is 4.90 Å². The maximum absolute atomic E-state index is 5.67. The third-order valence-electron chi connectivity index (χ3n) is 2.35. The number of likely N-dealkylation sites (tertiary alicyclic amines) is 1. The number of nitrogens with zero attached hydrogens (tertiary/aromatic N) is 1. The summed E-state index contributed by atoms with van der Waals surface area (Å²) in [6, 6.07) is 2.41. The van der Waals surface area contributed by atoms with Gasteiger partial charge in [0.15, 0.2) is 0 Å². The van der Waals surface area contributed by atoms with E-state index >= 15 is 0 Å². The molecule has 0 aliphatic carbocycles. The zero-order chi connectivity index (χ0) is 8.55. The molecular formula is C9H14N2O. The quantitative estimate of drug-likeness (QED) is 0.704. The van der Waals surface area contributed by atoms with Crippen LogP contribution >= 0.6 is 0 Å². The Hall–Kier alpha value is -0.800. The molecule has 0 bridgehead atoms. The van der Waals surface area contributed by atoms with Gasteiger partial charge in [-0.1, -0.05) is 0 Å². The van der Waals surface area contributed by atoms with Gasteiger partial charge >= 0.3 is 0 Å². The van der Waals surface area contributed by atoms with Crippen LogP contribution in [0.25, 0.3) is 0 Å². The second kappa shape index (κ2) is 2.92. The number of furan rings is 1. The Labute approximate surface area is 72.1 Å². The molecule has 2 rings (SSSR count). The van der Waals surface area contributed by atoms with Crippen LogP contribution in [0.2, 0.25) is 0 Å². The molecule has 2 N–H and O–H groups in total. The van der Waals surface area contributed by atoms with Crippen molar-refractivity contribution in [3.8, 4) is 0 Å². The van der Waals surface area contributed by atoms with Gasteiger partial charge in [0.1, 0.15) is 5.76 Å². The topological polar surface area (TPSA) is 42.4 Å². The lowest BCUT2D eigenvalue weighted by Gasteiger charge is -2.36. The van der Waals surface area contributed by atoms with Gasteiger partial charge < -0.3 is 10.2 Å². The Morgan fingerprint density at radius 1 is 1.67 bits per heavy atom. The third kappa shape index (κ3) is 1.38. The van der Waals surface area contributed by atoms with E-state index in [4.69, 9.17) is 10.2 Å². The molecule has 66 valence electrons. The zero-order valence-electron chi connectivity index (χ0n) is 7.29. The Morgan fingerprint density at radius 2 is 2.42 bits per heavy atom. The second-order valence-corrected chi connectivity index (χ2v) is 3.46. The van der Waals surface area contributed by atoms with Gasteiger partial charge in [0, 0.05) is 31.2 Å². The maximum Gasteiger partial charge on any atom is 0.105 e. The third-order valence-corrected chi connectivity index (χ3v) is 2.35. The monoisotopic (exact) mass is 166 g/mol. The van der Waals surface area contributed by atoms with E-state index in [0.717, 1.165) is 25.4 Å². The molecule has 1 aromatic rings. The summed E-state index contributed by atoms with van der Waals surface area (Å²) >= 11 is 0. The van der Waals surface area contributed by atoms with Crippen LogP contribution in [0.4, 0.5) is 0 Å². The highest BCUT2D eigenvalue weighted by Gasteiger charge is 2.23. The van der Waals surface area contributed by atoms with Crippen molar-refractivity contribution in [2.45, 2.75) is 19.5 Å². The van der Waals surface area contributed by atoms with Crippen LogP contribution in [0.1, 0.15) is 11.3 Å². The molecule has 0 atom stereocenters. The minimum absolute atomic E-state index is 0.386. The van der Waals surface area contributed by atoms with Crippen LogP contribution in [0.3, 0.4) is 0 Å². The normalized spacial score (nSPS) is 19.5. The van der Waals surface area contributed by atoms with E-state index in [1.54, 1.807) is 6.26 Å². The van der Waals surface area contributed by atoms with E-state index in [9.17, 15) is 0 Å². The first-order valence-corrected chi connectivity index (χ1v) is 4.26. The lowest BCUT2D eigenvalue weighted by molar-refractivity contribution is 0.141. The van der Waals surface area contributed by atoms with Gasteiger partial charge in [-0.15, -0.1) is 0 Å². The molecule has 1 aliphatic heterocycles. The Balaban J connectivity index is 1.92. The Bertz CT molecular complexity index is 263. The van der Waals surface area contributed by atoms with Crippen molar-refractivity contribution in [1.29, 1.82) is 0 Å². The van der Waals surface area contributed by atoms with Gasteiger partial charge in [0.25, 0.3) is 0 Å². The van der Waals surface area contributed by atoms with Crippen molar-refractivity contribution >= 4 is 0 Å². The number of nitrogens with two attached hydrogens (primary N) is 1. The van der Waals surface area contributed by atoms with Crippen LogP contribution in [-0.4, -0.2) is 24.0 Å². The summed E-state index contributed by atoms with van der Waals surface area (Å²) < 4.78 is 5.20. The summed E-state index contributed by atoms with van der Waals surface area (Å²) in [5.41, 5.74) is 6.95. The summed E-state index contributed by atoms with van der Waals surface area (Å²) in [5, 5.41) is 0. The Kier molecular flexibility index (Phi) is 1.90. The fourth-order valence-corrected chi connectivity index (χ4v) is 1.56. The molecule has 12 heavy (non-hydrogen) atoms. The fraction of sp³-hybridized carbons (Fsp3) is 0.556. The first-order valence-electron chi connectivity index (χ1n) is 4.26. The van der Waals surface area contributed by atoms with Crippen LogP contribution in [0.5, 0.6) is 0 Å². The smallest absolute Gasteiger partial charge is 0.105 e. The molecule has 1 saturated heterocycles. The molecular weight excluding hydrogens is 152 g/mol. The van der Waals surface area contributed by atoms with Crippen LogP contribution in [0, 0.1) is 6.92 Å². The fourth-order valence-electron chi connectivity index (χ4n) is 1.56. The molecule has 3 heteroatoms. The van der Waals surface area contributed by atoms with E-state index < -0.39 is 0 Å². The highest BCUT2D eigenvalue weighted by atomic mass is 16.3. The predicted molar refractivity (Wildman–Crippen MR) is 46.7 cm³/mol. The molecule has 0 amide bonds. The van der Waals surface area contributed by atoms with Crippen molar-refractivity contribution in [3.63, 3.8) is 0 Å². The molecule has 0 unspecified atom stereocenters. The van der Waals surface area contributed by atoms with Gasteiger partial charge in [-0.2, -0.15) is 0 Å². The largest absolute Gasteiger partial charge is 0.469 e. The molecule has 2 heterocycles. The molecule has 0 spiro atoms. The number of hydrogen-bond donors (Lipinski definition) is 1. The summed E-state index contributed by atoms with van der Waals surface area (Å²) in [7, 11) is 0. The first-order chi connectivity index (χ1) is 5.75. The summed E-state index contributed by atoms with van der Waals surface area (Å²) in [5.74, 6) is 1.02. The SMILES string of the molecule is Cc1occc1CN1CC(N)C1. The number of hydrogen-bond acceptors (Lipinski definition) is 3. The highest BCUT2D eigenvalue weighted by Crippen LogP contribution is 2.15. The summed E-state index contributed by atoms with van der Waals surface area (Å²) in [6.45, 7) is 5.01. The Morgan fingerprint density at radius 3 is 2.92 bits per heavy atom. The molecule has 0 aromatic carbocycles. The van der Waals surface area contributed by atoms with Crippen LogP contribution in [-0.2, 0) is 6.54 Å². The van der Waals surface area contributed by atoms with Gasteiger partial charge in [0.2, 0.25) is 0 Å². The minimum Gasteiger partial charge on any atom is -0.469 e. The lowest BCUT2D eigenvalue weighted by atomic mass is 10.1. The second-order valence-electron chi connectivity index (χ2n) is 3.46. The standard InChI is InChI=1S/C9H14N2O/c1-7-8(2-3-12-7)4-11-5-9(10)6-11/h2-3,9H,4-6,10H2,1H3. The maximum atomic E-state index is 5.67. The molecule has 1 fully saturated rings. The molecule has 0 radical (unpaired) electrons. The highest BCUT2D eigenvalue weighted by molar-refractivity contribution is 5.15. The number of aryl methyl sites for hydroxylation is 1. The van der Waals surface area contributed by atoms with Gasteiger partial charge in [-0.3, -0.25) is 4.90 Å². The van der Waals surface area contributed by atoms with E-state index in [-0.39, 0.29) is 0 Å². The minimum atomic E-state index is 0.386. The van der Waals surface area contributed by atoms with E-state index in [0.29, 0.717) is 6.04 Å². The van der Waals surface area contributed by atoms with Gasteiger partial charge in [0.05, 0.1) is 6.26 Å². The predicted octanol–water partition coefficient (Wildman–Crippen LogP) is 0.731. The average molecular weight is 166 g/mol. The van der Waals surface area contributed by atoms with E-state index in [1.165, 1.54) is 5.56 Å². The van der Waals surface area contributed by atoms with Crippen LogP contribution < -0.4 is 5.73 Å². The van der Waals surface area contributed by atoms with Crippen molar-refractivity contribution in [3.05, 3.63) is 23.7 Å². The van der Waals surface area contributed by atoms with Gasteiger partial charge in [-0.05, 0) is 13.0 Å². The van der Waals surface area contributed by atoms with Crippen molar-refractivity contribution < 1.29 is 4.42 Å². The number of rotatable bonds is 2. The zero-order valence-corrected chi connectivity index (χ0v) is 7.29. The van der Waals surface area contributed by atoms with E-state index in [1.807, 2.05) is 13.0 Å².